The molecule has 2 saturated heterocycles. The van der Waals surface area contributed by atoms with E-state index in [9.17, 15) is 4.79 Å². The van der Waals surface area contributed by atoms with E-state index in [0.717, 1.165) is 25.8 Å². The highest BCUT2D eigenvalue weighted by atomic mass is 35.5. The normalized spacial score (nSPS) is 32.7. The van der Waals surface area contributed by atoms with Crippen LogP contribution in [0.15, 0.2) is 0 Å². The first-order valence-electron chi connectivity index (χ1n) is 14.6. The topological polar surface area (TPSA) is 69.3 Å². The van der Waals surface area contributed by atoms with Gasteiger partial charge in [0, 0.05) is 6.54 Å². The number of amides is 1. The molecule has 2 aliphatic heterocycles. The number of halogens is 1. The van der Waals surface area contributed by atoms with Crippen LogP contribution in [0, 0.1) is 5.92 Å². The third-order valence-corrected chi connectivity index (χ3v) is 11.1. The van der Waals surface area contributed by atoms with Gasteiger partial charge in [-0.3, -0.25) is 9.69 Å². The Hall–Kier alpha value is 0.561. The van der Waals surface area contributed by atoms with Crippen molar-refractivity contribution in [3.8, 4) is 0 Å². The van der Waals surface area contributed by atoms with Gasteiger partial charge in [0.1, 0.15) is 29.9 Å². The molecule has 230 valence electrons. The molecule has 0 radical (unpaired) electrons. The van der Waals surface area contributed by atoms with Crippen molar-refractivity contribution in [2.24, 2.45) is 5.92 Å². The molecule has 0 spiro atoms. The number of rotatable bonds is 13. The Balaban J connectivity index is 2.49. The van der Waals surface area contributed by atoms with Gasteiger partial charge in [0.2, 0.25) is 5.91 Å². The van der Waals surface area contributed by atoms with Gasteiger partial charge in [-0.05, 0) is 97.9 Å². The molecule has 0 aromatic heterocycles. The van der Waals surface area contributed by atoms with E-state index in [4.69, 9.17) is 29.6 Å². The van der Waals surface area contributed by atoms with Gasteiger partial charge >= 0.3 is 0 Å². The summed E-state index contributed by atoms with van der Waals surface area (Å²) in [4.78, 5) is 15.9. The number of carbonyl (C=O) groups is 1. The number of ether oxygens (including phenoxy) is 1. The highest BCUT2D eigenvalue weighted by Crippen LogP contribution is 2.38. The Bertz CT molecular complexity index is 793. The van der Waals surface area contributed by atoms with E-state index in [-0.39, 0.29) is 35.0 Å². The van der Waals surface area contributed by atoms with E-state index in [2.05, 4.69) is 76.1 Å². The summed E-state index contributed by atoms with van der Waals surface area (Å²) < 4.78 is 27.5. The molecule has 1 amide bonds. The molecule has 1 N–H and O–H groups in total. The summed E-state index contributed by atoms with van der Waals surface area (Å²) in [7, 11) is -3.97. The Morgan fingerprint density at radius 2 is 1.51 bits per heavy atom. The zero-order valence-electron chi connectivity index (χ0n) is 26.8. The molecular formula is C27H57ClN2O5SSi3. The van der Waals surface area contributed by atoms with Gasteiger partial charge in [-0.2, -0.15) is 0 Å². The third kappa shape index (κ3) is 11.0. The Morgan fingerprint density at radius 3 is 1.97 bits per heavy atom. The minimum atomic E-state index is -2.06. The highest BCUT2D eigenvalue weighted by Gasteiger charge is 2.54. The van der Waals surface area contributed by atoms with Crippen molar-refractivity contribution in [3.05, 3.63) is 0 Å². The second kappa shape index (κ2) is 14.4. The highest BCUT2D eigenvalue weighted by molar-refractivity contribution is 7.99. The van der Waals surface area contributed by atoms with Crippen molar-refractivity contribution >= 4 is 54.2 Å². The second-order valence-corrected chi connectivity index (χ2v) is 29.4. The molecule has 0 aliphatic carbocycles. The van der Waals surface area contributed by atoms with Crippen molar-refractivity contribution < 1.29 is 22.8 Å². The summed E-state index contributed by atoms with van der Waals surface area (Å²) in [5.41, 5.74) is -0.262. The van der Waals surface area contributed by atoms with Crippen LogP contribution in [0.4, 0.5) is 0 Å². The Kier molecular flexibility index (Phi) is 13.2. The van der Waals surface area contributed by atoms with Gasteiger partial charge in [0.05, 0.1) is 17.5 Å². The third-order valence-electron chi connectivity index (χ3n) is 7.02. The summed E-state index contributed by atoms with van der Waals surface area (Å²) in [6.07, 6.45) is 3.74. The number of nitrogens with one attached hydrogen (secondary N) is 1. The molecule has 39 heavy (non-hydrogen) atoms. The maximum atomic E-state index is 13.7. The van der Waals surface area contributed by atoms with Crippen molar-refractivity contribution in [2.75, 3.05) is 19.8 Å². The SMILES string of the molecule is CCCC1CC(C(=O)NC(C(C)Cl)C2OC(SC)C(O[Si](C)(C)C)C(O[Si](C)(C)C)C2O[Si](C)(C)C)N(C)C1. The first kappa shape index (κ1) is 35.8. The molecule has 2 fully saturated rings. The number of likely N-dealkylation sites (tertiary alicyclic amines) is 1. The van der Waals surface area contributed by atoms with E-state index >= 15 is 0 Å². The fourth-order valence-corrected chi connectivity index (χ4v) is 9.95. The number of thioether (sulfide) groups is 1. The average Bonchev–Trinajstić information content (AvgIpc) is 3.12. The van der Waals surface area contributed by atoms with E-state index < -0.39 is 43.2 Å². The molecule has 2 rings (SSSR count). The lowest BCUT2D eigenvalue weighted by Crippen LogP contribution is -2.69. The molecule has 9 atom stereocenters. The van der Waals surface area contributed by atoms with Crippen LogP contribution in [0.3, 0.4) is 0 Å². The standard InChI is InChI=1S/C27H57ClN2O5SSi3/c1-14-15-19-16-20(30(3)17-19)26(31)29-21(18(2)28)22-23(33-37(5,6)7)24(34-38(8,9)10)25(27(32-22)36-4)35-39(11,12)13/h18-25,27H,14-17H2,1-13H3,(H,29,31). The summed E-state index contributed by atoms with van der Waals surface area (Å²) >= 11 is 8.51. The zero-order valence-corrected chi connectivity index (χ0v) is 31.4. The molecular weight excluding hydrogens is 584 g/mol. The molecule has 2 heterocycles. The maximum absolute atomic E-state index is 13.7. The van der Waals surface area contributed by atoms with E-state index in [1.807, 2.05) is 20.2 Å². The monoisotopic (exact) mass is 640 g/mol. The van der Waals surface area contributed by atoms with Gasteiger partial charge in [0.15, 0.2) is 25.0 Å². The van der Waals surface area contributed by atoms with Crippen molar-refractivity contribution in [1.29, 1.82) is 0 Å². The lowest BCUT2D eigenvalue weighted by atomic mass is 9.92. The number of nitrogens with zero attached hydrogens (tertiary/aromatic N) is 1. The predicted octanol–water partition coefficient (Wildman–Crippen LogP) is 5.97. The van der Waals surface area contributed by atoms with E-state index in [1.165, 1.54) is 0 Å². The number of hydrogen-bond acceptors (Lipinski definition) is 7. The summed E-state index contributed by atoms with van der Waals surface area (Å²) in [5.74, 6) is 0.569. The molecule has 9 unspecified atom stereocenters. The number of hydrogen-bond donors (Lipinski definition) is 1. The van der Waals surface area contributed by atoms with Crippen molar-refractivity contribution in [2.45, 2.75) is 139 Å². The quantitative estimate of drug-likeness (QED) is 0.197. The molecule has 2 aliphatic rings. The lowest BCUT2D eigenvalue weighted by Gasteiger charge is -2.52. The maximum Gasteiger partial charge on any atom is 0.237 e. The minimum absolute atomic E-state index is 0.0211. The van der Waals surface area contributed by atoms with Gasteiger partial charge in [-0.15, -0.1) is 23.4 Å². The van der Waals surface area contributed by atoms with Crippen LogP contribution in [0.1, 0.15) is 33.1 Å². The number of carbonyl (C=O) groups excluding carboxylic acids is 1. The van der Waals surface area contributed by atoms with Crippen LogP contribution in [0.25, 0.3) is 0 Å². The summed E-state index contributed by atoms with van der Waals surface area (Å²) in [6, 6.07) is -0.595. The predicted molar refractivity (Wildman–Crippen MR) is 174 cm³/mol. The molecule has 0 saturated carbocycles. The molecule has 7 nitrogen and oxygen atoms in total. The van der Waals surface area contributed by atoms with E-state index in [1.54, 1.807) is 11.8 Å². The van der Waals surface area contributed by atoms with Crippen molar-refractivity contribution in [1.82, 2.24) is 10.2 Å². The smallest absolute Gasteiger partial charge is 0.237 e. The molecule has 0 aromatic rings. The van der Waals surface area contributed by atoms with Crippen LogP contribution in [0.5, 0.6) is 0 Å². The van der Waals surface area contributed by atoms with Crippen molar-refractivity contribution in [3.63, 3.8) is 0 Å². The number of likely N-dealkylation sites (N-methyl/N-ethyl adjacent to an activating group) is 1. The Morgan fingerprint density at radius 1 is 1.00 bits per heavy atom. The first-order valence-corrected chi connectivity index (χ1v) is 26.6. The van der Waals surface area contributed by atoms with Crippen LogP contribution in [0.2, 0.25) is 58.9 Å². The zero-order chi connectivity index (χ0) is 29.9. The lowest BCUT2D eigenvalue weighted by molar-refractivity contribution is -0.190. The van der Waals surface area contributed by atoms with Gasteiger partial charge < -0.3 is 23.3 Å². The van der Waals surface area contributed by atoms with Gasteiger partial charge in [0.25, 0.3) is 0 Å². The second-order valence-electron chi connectivity index (χ2n) is 14.3. The fourth-order valence-electron chi connectivity index (χ4n) is 5.68. The summed E-state index contributed by atoms with van der Waals surface area (Å²) in [6.45, 7) is 24.9. The molecule has 0 bridgehead atoms. The summed E-state index contributed by atoms with van der Waals surface area (Å²) in [5, 5.41) is 2.97. The van der Waals surface area contributed by atoms with Crippen LogP contribution in [-0.4, -0.2) is 103 Å². The van der Waals surface area contributed by atoms with Gasteiger partial charge in [-0.1, -0.05) is 13.3 Å². The molecule has 12 heteroatoms. The average molecular weight is 642 g/mol. The molecule has 0 aromatic carbocycles. The number of alkyl halides is 1. The van der Waals surface area contributed by atoms with Crippen LogP contribution < -0.4 is 5.32 Å². The van der Waals surface area contributed by atoms with Gasteiger partial charge in [-0.25, -0.2) is 0 Å². The van der Waals surface area contributed by atoms with Crippen LogP contribution in [-0.2, 0) is 22.8 Å². The first-order chi connectivity index (χ1) is 17.8. The Labute approximate surface area is 251 Å². The van der Waals surface area contributed by atoms with E-state index in [0.29, 0.717) is 5.92 Å². The minimum Gasteiger partial charge on any atom is -0.409 e. The fraction of sp³-hybridized carbons (Fsp3) is 0.963. The largest absolute Gasteiger partial charge is 0.409 e. The van der Waals surface area contributed by atoms with Crippen LogP contribution >= 0.6 is 23.4 Å².